The van der Waals surface area contributed by atoms with E-state index in [0.717, 1.165) is 83.1 Å². The van der Waals surface area contributed by atoms with Gasteiger partial charge in [0, 0.05) is 67.8 Å². The lowest BCUT2D eigenvalue weighted by Crippen LogP contribution is -2.22. The van der Waals surface area contributed by atoms with Crippen LogP contribution in [-0.2, 0) is 0 Å². The lowest BCUT2D eigenvalue weighted by atomic mass is 10.0. The number of benzene rings is 8. The van der Waals surface area contributed by atoms with Gasteiger partial charge in [0.15, 0.2) is 0 Å². The number of anilines is 6. The Kier molecular flexibility index (Phi) is 7.41. The second-order valence-corrected chi connectivity index (χ2v) is 15.2. The first-order valence-corrected chi connectivity index (χ1v) is 20.4. The standard InChI is InChI=1S/C48H36N2O2Si/c1-31-13-9-10-18-42(31)49(34-14-5-3-6-15-34)36-21-23-38-40-25-32-26-41-39-24-22-37(30-47(39)52-45(41)28-33(32)27-44(40)51-46(38)29-36)50(35-16-7-4-8-17-35)43-19-11-12-20-48(43)53-2/h3-30H,53H2,1-2H3. The third-order valence-electron chi connectivity index (χ3n) is 10.5. The fourth-order valence-corrected chi connectivity index (χ4v) is 8.91. The first-order chi connectivity index (χ1) is 26.1. The Labute approximate surface area is 309 Å². The van der Waals surface area contributed by atoms with E-state index in [-0.39, 0.29) is 0 Å². The molecule has 0 aliphatic heterocycles. The van der Waals surface area contributed by atoms with Gasteiger partial charge in [-0.25, -0.2) is 0 Å². The lowest BCUT2D eigenvalue weighted by molar-refractivity contribution is 0.668. The second-order valence-electron chi connectivity index (χ2n) is 13.7. The van der Waals surface area contributed by atoms with Crippen LogP contribution in [0.25, 0.3) is 54.6 Å². The van der Waals surface area contributed by atoms with E-state index in [0.29, 0.717) is 0 Å². The Bertz CT molecular complexity index is 2970. The minimum absolute atomic E-state index is 0.403. The molecule has 0 atom stereocenters. The van der Waals surface area contributed by atoms with Gasteiger partial charge >= 0.3 is 0 Å². The van der Waals surface area contributed by atoms with Crippen molar-refractivity contribution in [3.05, 3.63) is 175 Å². The largest absolute Gasteiger partial charge is 0.456 e. The van der Waals surface area contributed by atoms with Gasteiger partial charge in [0.25, 0.3) is 0 Å². The molecular weight excluding hydrogens is 665 g/mol. The van der Waals surface area contributed by atoms with Gasteiger partial charge in [0.2, 0.25) is 0 Å². The summed E-state index contributed by atoms with van der Waals surface area (Å²) in [6.45, 7) is 4.50. The van der Waals surface area contributed by atoms with E-state index in [1.807, 2.05) is 0 Å². The SMILES string of the molecule is C[SiH2]c1ccccc1N(c1ccccc1)c1ccc2c(c1)oc1cc3cc4oc5cc(N(c6ccccc6)c6ccccc6C)ccc5c4cc3cc12. The molecule has 0 aliphatic carbocycles. The molecule has 0 saturated heterocycles. The second kappa shape index (κ2) is 12.6. The van der Waals surface area contributed by atoms with Gasteiger partial charge in [-0.05, 0) is 113 Å². The summed E-state index contributed by atoms with van der Waals surface area (Å²) in [6, 6.07) is 60.4. The molecule has 0 aliphatic rings. The van der Waals surface area contributed by atoms with Crippen molar-refractivity contribution < 1.29 is 8.83 Å². The summed E-state index contributed by atoms with van der Waals surface area (Å²) in [5.74, 6) is 0. The summed E-state index contributed by atoms with van der Waals surface area (Å²) >= 11 is 0. The molecule has 0 saturated carbocycles. The van der Waals surface area contributed by atoms with Crippen LogP contribution in [0.15, 0.2) is 179 Å². The van der Waals surface area contributed by atoms with Crippen LogP contribution in [0.2, 0.25) is 6.55 Å². The van der Waals surface area contributed by atoms with Crippen molar-refractivity contribution in [2.75, 3.05) is 9.80 Å². The first kappa shape index (κ1) is 31.2. The molecule has 10 rings (SSSR count). The van der Waals surface area contributed by atoms with E-state index in [1.54, 1.807) is 0 Å². The number of fused-ring (bicyclic) bond motifs is 7. The average Bonchev–Trinajstić information content (AvgIpc) is 3.74. The van der Waals surface area contributed by atoms with Gasteiger partial charge < -0.3 is 18.6 Å². The van der Waals surface area contributed by atoms with E-state index in [1.165, 1.54) is 16.4 Å². The fraction of sp³-hybridized carbons (Fsp3) is 0.0417. The van der Waals surface area contributed by atoms with Crippen LogP contribution in [-0.4, -0.2) is 9.52 Å². The van der Waals surface area contributed by atoms with Crippen LogP contribution in [0.4, 0.5) is 34.1 Å². The zero-order valence-electron chi connectivity index (χ0n) is 29.6. The summed E-state index contributed by atoms with van der Waals surface area (Å²) in [4.78, 5) is 4.66. The minimum Gasteiger partial charge on any atom is -0.456 e. The number of para-hydroxylation sites is 4. The molecule has 2 aromatic heterocycles. The summed E-state index contributed by atoms with van der Waals surface area (Å²) in [5, 5.41) is 8.09. The molecule has 254 valence electrons. The normalized spacial score (nSPS) is 11.9. The van der Waals surface area contributed by atoms with Crippen LogP contribution in [0.1, 0.15) is 5.56 Å². The van der Waals surface area contributed by atoms with E-state index < -0.39 is 9.52 Å². The maximum absolute atomic E-state index is 6.63. The Balaban J connectivity index is 1.08. The maximum Gasteiger partial charge on any atom is 0.137 e. The molecule has 0 bridgehead atoms. The number of aryl methyl sites for hydroxylation is 1. The predicted molar refractivity (Wildman–Crippen MR) is 227 cm³/mol. The van der Waals surface area contributed by atoms with Crippen molar-refractivity contribution in [3.63, 3.8) is 0 Å². The summed E-state index contributed by atoms with van der Waals surface area (Å²) in [6.07, 6.45) is 0. The molecular formula is C48H36N2O2Si. The quantitative estimate of drug-likeness (QED) is 0.155. The molecule has 0 fully saturated rings. The molecule has 10 aromatic rings. The molecule has 0 radical (unpaired) electrons. The molecule has 0 N–H and O–H groups in total. The zero-order valence-corrected chi connectivity index (χ0v) is 31.0. The van der Waals surface area contributed by atoms with E-state index in [4.69, 9.17) is 8.83 Å². The highest BCUT2D eigenvalue weighted by molar-refractivity contribution is 6.54. The van der Waals surface area contributed by atoms with Gasteiger partial charge in [0.1, 0.15) is 22.3 Å². The molecule has 4 nitrogen and oxygen atoms in total. The van der Waals surface area contributed by atoms with E-state index >= 15 is 0 Å². The highest BCUT2D eigenvalue weighted by Gasteiger charge is 2.20. The van der Waals surface area contributed by atoms with Crippen LogP contribution in [0, 0.1) is 6.92 Å². The molecule has 2 heterocycles. The molecule has 5 heteroatoms. The van der Waals surface area contributed by atoms with Crippen LogP contribution < -0.4 is 15.0 Å². The van der Waals surface area contributed by atoms with E-state index in [2.05, 4.69) is 193 Å². The fourth-order valence-electron chi connectivity index (χ4n) is 7.90. The Hall–Kier alpha value is -6.56. The van der Waals surface area contributed by atoms with Crippen molar-refractivity contribution >= 4 is 103 Å². The average molecular weight is 701 g/mol. The molecule has 8 aromatic carbocycles. The predicted octanol–water partition coefficient (Wildman–Crippen LogP) is 12.7. The van der Waals surface area contributed by atoms with Gasteiger partial charge in [0.05, 0.1) is 9.52 Å². The molecule has 53 heavy (non-hydrogen) atoms. The van der Waals surface area contributed by atoms with Gasteiger partial charge in [-0.2, -0.15) is 0 Å². The number of rotatable bonds is 7. The third-order valence-corrected chi connectivity index (χ3v) is 11.9. The number of hydrogen-bond donors (Lipinski definition) is 0. The highest BCUT2D eigenvalue weighted by atomic mass is 28.2. The smallest absolute Gasteiger partial charge is 0.137 e. The summed E-state index contributed by atoms with van der Waals surface area (Å²) in [5.41, 5.74) is 11.4. The van der Waals surface area contributed by atoms with Crippen molar-refractivity contribution in [1.29, 1.82) is 0 Å². The third kappa shape index (κ3) is 5.28. The van der Waals surface area contributed by atoms with Crippen LogP contribution in [0.3, 0.4) is 0 Å². The van der Waals surface area contributed by atoms with Gasteiger partial charge in [-0.15, -0.1) is 0 Å². The summed E-state index contributed by atoms with van der Waals surface area (Å²) in [7, 11) is -0.403. The van der Waals surface area contributed by atoms with Gasteiger partial charge in [-0.1, -0.05) is 79.3 Å². The number of furan rings is 2. The van der Waals surface area contributed by atoms with Gasteiger partial charge in [-0.3, -0.25) is 0 Å². The Morgan fingerprint density at radius 2 is 0.849 bits per heavy atom. The van der Waals surface area contributed by atoms with Crippen molar-refractivity contribution in [1.82, 2.24) is 0 Å². The van der Waals surface area contributed by atoms with Crippen LogP contribution >= 0.6 is 0 Å². The molecule has 0 spiro atoms. The topological polar surface area (TPSA) is 32.8 Å². The Morgan fingerprint density at radius 3 is 1.40 bits per heavy atom. The molecule has 0 amide bonds. The monoisotopic (exact) mass is 700 g/mol. The Morgan fingerprint density at radius 1 is 0.396 bits per heavy atom. The number of nitrogens with zero attached hydrogens (tertiary/aromatic N) is 2. The van der Waals surface area contributed by atoms with E-state index in [9.17, 15) is 0 Å². The minimum atomic E-state index is -0.403. The zero-order chi connectivity index (χ0) is 35.5. The van der Waals surface area contributed by atoms with Crippen LogP contribution in [0.5, 0.6) is 0 Å². The lowest BCUT2D eigenvalue weighted by Gasteiger charge is -2.27. The van der Waals surface area contributed by atoms with Crippen molar-refractivity contribution in [2.45, 2.75) is 13.5 Å². The maximum atomic E-state index is 6.63. The highest BCUT2D eigenvalue weighted by Crippen LogP contribution is 2.42. The molecule has 0 unspecified atom stereocenters. The van der Waals surface area contributed by atoms with Crippen molar-refractivity contribution in [2.24, 2.45) is 0 Å². The number of hydrogen-bond acceptors (Lipinski definition) is 4. The van der Waals surface area contributed by atoms with Crippen molar-refractivity contribution in [3.8, 4) is 0 Å². The first-order valence-electron chi connectivity index (χ1n) is 18.2. The summed E-state index contributed by atoms with van der Waals surface area (Å²) < 4.78 is 13.2.